The Morgan fingerprint density at radius 3 is 2.79 bits per heavy atom. The van der Waals surface area contributed by atoms with Gasteiger partial charge in [-0.25, -0.2) is 0 Å². The fourth-order valence-corrected chi connectivity index (χ4v) is 4.10. The largest absolute Gasteiger partial charge is 0.397 e. The third-order valence-electron chi connectivity index (χ3n) is 5.66. The number of rotatable bonds is 7. The number of halogens is 1. The summed E-state index contributed by atoms with van der Waals surface area (Å²) in [4.78, 5) is 18.3. The highest BCUT2D eigenvalue weighted by molar-refractivity contribution is 6.32. The molecule has 0 unspecified atom stereocenters. The molecule has 1 aliphatic rings. The van der Waals surface area contributed by atoms with E-state index in [9.17, 15) is 4.79 Å². The molecular formula is C27H27ClN4O. The van der Waals surface area contributed by atoms with Gasteiger partial charge in [0, 0.05) is 41.9 Å². The number of nitrogens with two attached hydrogens (primary N) is 1. The van der Waals surface area contributed by atoms with Gasteiger partial charge in [0.2, 0.25) is 0 Å². The lowest BCUT2D eigenvalue weighted by molar-refractivity contribution is 0.0966. The van der Waals surface area contributed by atoms with Crippen LogP contribution < -0.4 is 11.1 Å². The molecule has 1 saturated heterocycles. The lowest BCUT2D eigenvalue weighted by atomic mass is 10.0. The SMILES string of the molecule is C=C/C=C(NC(=O)c1ccc(C=C2CN(Cc3ccc4cc[nH]c4c3)C2)c(Cl)c1)\C(N)=C/C. The van der Waals surface area contributed by atoms with Crippen molar-refractivity contribution < 1.29 is 4.79 Å². The average molecular weight is 459 g/mol. The Morgan fingerprint density at radius 1 is 1.24 bits per heavy atom. The van der Waals surface area contributed by atoms with Crippen molar-refractivity contribution in [1.82, 2.24) is 15.2 Å². The molecule has 1 aromatic heterocycles. The van der Waals surface area contributed by atoms with Crippen molar-refractivity contribution in [2.75, 3.05) is 13.1 Å². The second-order valence-electron chi connectivity index (χ2n) is 8.10. The van der Waals surface area contributed by atoms with E-state index < -0.39 is 0 Å². The average Bonchev–Trinajstić information content (AvgIpc) is 3.25. The Labute approximate surface area is 198 Å². The first-order valence-electron chi connectivity index (χ1n) is 10.8. The van der Waals surface area contributed by atoms with Gasteiger partial charge in [-0.05, 0) is 59.4 Å². The van der Waals surface area contributed by atoms with Crippen LogP contribution in [-0.2, 0) is 6.54 Å². The number of nitrogens with zero attached hydrogens (tertiary/aromatic N) is 1. The third kappa shape index (κ3) is 5.28. The molecule has 0 atom stereocenters. The molecule has 1 fully saturated rings. The lowest BCUT2D eigenvalue weighted by Crippen LogP contribution is -2.39. The number of amides is 1. The summed E-state index contributed by atoms with van der Waals surface area (Å²) in [6.07, 6.45) is 9.03. The highest BCUT2D eigenvalue weighted by atomic mass is 35.5. The summed E-state index contributed by atoms with van der Waals surface area (Å²) in [7, 11) is 0. The third-order valence-corrected chi connectivity index (χ3v) is 5.98. The van der Waals surface area contributed by atoms with Crippen LogP contribution in [0.3, 0.4) is 0 Å². The fraction of sp³-hybridized carbons (Fsp3) is 0.148. The predicted molar refractivity (Wildman–Crippen MR) is 137 cm³/mol. The zero-order valence-corrected chi connectivity index (χ0v) is 19.3. The number of allylic oxidation sites excluding steroid dienone is 3. The normalized spacial score (nSPS) is 14.8. The molecule has 4 N–H and O–H groups in total. The van der Waals surface area contributed by atoms with Crippen molar-refractivity contribution in [2.45, 2.75) is 13.5 Å². The van der Waals surface area contributed by atoms with Gasteiger partial charge in [0.1, 0.15) is 0 Å². The molecule has 0 bridgehead atoms. The van der Waals surface area contributed by atoms with Gasteiger partial charge in [-0.3, -0.25) is 9.69 Å². The molecule has 0 aliphatic carbocycles. The number of aromatic amines is 1. The Bertz CT molecular complexity index is 1290. The first-order chi connectivity index (χ1) is 16.0. The summed E-state index contributed by atoms with van der Waals surface area (Å²) < 4.78 is 0. The maximum atomic E-state index is 12.6. The maximum Gasteiger partial charge on any atom is 0.255 e. The highest BCUT2D eigenvalue weighted by Gasteiger charge is 2.20. The number of carbonyl (C=O) groups excluding carboxylic acids is 1. The second kappa shape index (κ2) is 9.94. The van der Waals surface area contributed by atoms with Crippen LogP contribution in [0.4, 0.5) is 0 Å². The van der Waals surface area contributed by atoms with Gasteiger partial charge in [0.25, 0.3) is 5.91 Å². The van der Waals surface area contributed by atoms with E-state index in [2.05, 4.69) is 52.1 Å². The molecule has 6 heteroatoms. The minimum absolute atomic E-state index is 0.275. The number of carbonyl (C=O) groups is 1. The number of benzene rings is 2. The van der Waals surface area contributed by atoms with Gasteiger partial charge in [0.05, 0.1) is 11.4 Å². The molecule has 0 saturated carbocycles. The summed E-state index contributed by atoms with van der Waals surface area (Å²) >= 11 is 6.49. The van der Waals surface area contributed by atoms with Gasteiger partial charge in [-0.1, -0.05) is 54.6 Å². The van der Waals surface area contributed by atoms with Crippen molar-refractivity contribution in [3.63, 3.8) is 0 Å². The van der Waals surface area contributed by atoms with E-state index in [1.807, 2.05) is 12.3 Å². The van der Waals surface area contributed by atoms with E-state index in [-0.39, 0.29) is 5.91 Å². The standard InChI is InChI=1S/C27H27ClN4O/c1-3-5-25(24(29)4-2)31-27(33)22-9-8-21(23(28)14-22)12-19-16-32(17-19)15-18-6-7-20-10-11-30-26(20)13-18/h3-14,30H,1,15-17,29H2,2H3,(H,31,33)/b24-4+,25-5+. The number of hydrogen-bond donors (Lipinski definition) is 3. The van der Waals surface area contributed by atoms with Crippen LogP contribution in [0.2, 0.25) is 5.02 Å². The number of H-pyrrole nitrogens is 1. The molecule has 2 aromatic carbocycles. The monoisotopic (exact) mass is 458 g/mol. The first kappa shape index (κ1) is 22.6. The summed E-state index contributed by atoms with van der Waals surface area (Å²) in [6, 6.07) is 13.9. The molecular weight excluding hydrogens is 432 g/mol. The molecule has 1 aliphatic heterocycles. The van der Waals surface area contributed by atoms with E-state index in [0.29, 0.717) is 22.0 Å². The van der Waals surface area contributed by atoms with Gasteiger partial charge in [0.15, 0.2) is 0 Å². The Balaban J connectivity index is 1.38. The van der Waals surface area contributed by atoms with Crippen LogP contribution in [-0.4, -0.2) is 28.9 Å². The van der Waals surface area contributed by atoms with Crippen molar-refractivity contribution in [1.29, 1.82) is 0 Å². The van der Waals surface area contributed by atoms with Crippen LogP contribution in [0.15, 0.2) is 90.4 Å². The van der Waals surface area contributed by atoms with Crippen molar-refractivity contribution in [3.05, 3.63) is 112 Å². The van der Waals surface area contributed by atoms with E-state index in [1.54, 1.807) is 37.3 Å². The van der Waals surface area contributed by atoms with Gasteiger partial charge in [-0.15, -0.1) is 0 Å². The number of hydrogen-bond acceptors (Lipinski definition) is 3. The Kier molecular flexibility index (Phi) is 6.82. The second-order valence-corrected chi connectivity index (χ2v) is 8.50. The fourth-order valence-electron chi connectivity index (χ4n) is 3.87. The summed E-state index contributed by atoms with van der Waals surface area (Å²) in [5.41, 5.74) is 12.1. The van der Waals surface area contributed by atoms with Crippen molar-refractivity contribution in [3.8, 4) is 0 Å². The van der Waals surface area contributed by atoms with E-state index in [0.717, 1.165) is 25.2 Å². The van der Waals surface area contributed by atoms with Crippen molar-refractivity contribution >= 4 is 34.5 Å². The van der Waals surface area contributed by atoms with Crippen LogP contribution in [0.1, 0.15) is 28.4 Å². The summed E-state index contributed by atoms with van der Waals surface area (Å²) in [6.45, 7) is 8.18. The Morgan fingerprint density at radius 2 is 2.06 bits per heavy atom. The van der Waals surface area contributed by atoms with Crippen molar-refractivity contribution in [2.24, 2.45) is 5.73 Å². The van der Waals surface area contributed by atoms with Gasteiger partial charge >= 0.3 is 0 Å². The molecule has 1 amide bonds. The minimum atomic E-state index is -0.275. The predicted octanol–water partition coefficient (Wildman–Crippen LogP) is 5.38. The van der Waals surface area contributed by atoms with Crippen LogP contribution in [0.5, 0.6) is 0 Å². The first-order valence-corrected chi connectivity index (χ1v) is 11.2. The van der Waals surface area contributed by atoms with Crippen LogP contribution >= 0.6 is 11.6 Å². The zero-order chi connectivity index (χ0) is 23.4. The van der Waals surface area contributed by atoms with Crippen LogP contribution in [0, 0.1) is 0 Å². The lowest BCUT2D eigenvalue weighted by Gasteiger charge is -2.34. The number of aromatic nitrogens is 1. The topological polar surface area (TPSA) is 74.2 Å². The number of likely N-dealkylation sites (tertiary alicyclic amines) is 1. The minimum Gasteiger partial charge on any atom is -0.397 e. The van der Waals surface area contributed by atoms with Gasteiger partial charge in [-0.2, -0.15) is 0 Å². The molecule has 0 radical (unpaired) electrons. The molecule has 0 spiro atoms. The van der Waals surface area contributed by atoms with Crippen LogP contribution in [0.25, 0.3) is 17.0 Å². The van der Waals surface area contributed by atoms with E-state index in [1.165, 1.54) is 22.0 Å². The smallest absolute Gasteiger partial charge is 0.255 e. The maximum absolute atomic E-state index is 12.6. The number of nitrogens with one attached hydrogen (secondary N) is 2. The van der Waals surface area contributed by atoms with Gasteiger partial charge < -0.3 is 16.0 Å². The Hall–Kier alpha value is -3.54. The molecule has 33 heavy (non-hydrogen) atoms. The highest BCUT2D eigenvalue weighted by Crippen LogP contribution is 2.26. The van der Waals surface area contributed by atoms with E-state index >= 15 is 0 Å². The number of fused-ring (bicyclic) bond motifs is 1. The molecule has 4 rings (SSSR count). The summed E-state index contributed by atoms with van der Waals surface area (Å²) in [5.74, 6) is -0.275. The summed E-state index contributed by atoms with van der Waals surface area (Å²) in [5, 5.41) is 4.58. The zero-order valence-electron chi connectivity index (χ0n) is 18.6. The molecule has 5 nitrogen and oxygen atoms in total. The quantitative estimate of drug-likeness (QED) is 0.416. The molecule has 3 aromatic rings. The molecule has 168 valence electrons. The molecule has 2 heterocycles. The van der Waals surface area contributed by atoms with E-state index in [4.69, 9.17) is 17.3 Å².